The summed E-state index contributed by atoms with van der Waals surface area (Å²) in [7, 11) is 0. The van der Waals surface area contributed by atoms with E-state index in [1.165, 1.54) is 12.1 Å². The van der Waals surface area contributed by atoms with Gasteiger partial charge in [0.15, 0.2) is 0 Å². The van der Waals surface area contributed by atoms with E-state index < -0.39 is 25.0 Å². The van der Waals surface area contributed by atoms with Crippen molar-refractivity contribution in [3.8, 4) is 0 Å². The summed E-state index contributed by atoms with van der Waals surface area (Å²) in [6, 6.07) is 3.87. The second kappa shape index (κ2) is 7.70. The molecule has 0 bridgehead atoms. The van der Waals surface area contributed by atoms with Gasteiger partial charge >= 0.3 is 12.3 Å². The van der Waals surface area contributed by atoms with Crippen molar-refractivity contribution in [3.63, 3.8) is 0 Å². The third-order valence-electron chi connectivity index (χ3n) is 2.93. The van der Waals surface area contributed by atoms with Gasteiger partial charge < -0.3 is 10.1 Å². The summed E-state index contributed by atoms with van der Waals surface area (Å²) in [5.41, 5.74) is 1.06. The lowest BCUT2D eigenvalue weighted by Gasteiger charge is -2.21. The standard InChI is InChI=1S/C14H18F5NO/c1-3-20-12(7-21-8-14(18,19)13(16)17)10-4-5-11(15)9(2)6-10/h4-6,12-13,20H,3,7-8H2,1-2H3. The summed E-state index contributed by atoms with van der Waals surface area (Å²) < 4.78 is 67.5. The molecule has 2 nitrogen and oxygen atoms in total. The van der Waals surface area contributed by atoms with Crippen LogP contribution in [0.25, 0.3) is 0 Å². The first-order chi connectivity index (χ1) is 9.77. The fourth-order valence-electron chi connectivity index (χ4n) is 1.78. The summed E-state index contributed by atoms with van der Waals surface area (Å²) in [5.74, 6) is -4.55. The average molecular weight is 311 g/mol. The monoisotopic (exact) mass is 311 g/mol. The number of nitrogens with one attached hydrogen (secondary N) is 1. The molecule has 0 radical (unpaired) electrons. The van der Waals surface area contributed by atoms with Crippen LogP contribution >= 0.6 is 0 Å². The third-order valence-corrected chi connectivity index (χ3v) is 2.93. The van der Waals surface area contributed by atoms with Gasteiger partial charge in [0, 0.05) is 0 Å². The lowest BCUT2D eigenvalue weighted by atomic mass is 10.0. The molecule has 0 aromatic heterocycles. The predicted octanol–water partition coefficient (Wildman–Crippen LogP) is 3.70. The van der Waals surface area contributed by atoms with Crippen LogP contribution in [0, 0.1) is 12.7 Å². The summed E-state index contributed by atoms with van der Waals surface area (Å²) in [5, 5.41) is 2.98. The van der Waals surface area contributed by atoms with Gasteiger partial charge in [-0.2, -0.15) is 8.78 Å². The quantitative estimate of drug-likeness (QED) is 0.739. The van der Waals surface area contributed by atoms with Crippen LogP contribution in [0.5, 0.6) is 0 Å². The lowest BCUT2D eigenvalue weighted by molar-refractivity contribution is -0.167. The van der Waals surface area contributed by atoms with Gasteiger partial charge in [0.05, 0.1) is 12.6 Å². The number of ether oxygens (including phenoxy) is 1. The van der Waals surface area contributed by atoms with Crippen molar-refractivity contribution >= 4 is 0 Å². The van der Waals surface area contributed by atoms with E-state index in [0.717, 1.165) is 0 Å². The smallest absolute Gasteiger partial charge is 0.330 e. The second-order valence-corrected chi connectivity index (χ2v) is 4.70. The van der Waals surface area contributed by atoms with Crippen LogP contribution in [0.3, 0.4) is 0 Å². The number of hydrogen-bond acceptors (Lipinski definition) is 2. The van der Waals surface area contributed by atoms with Crippen LogP contribution < -0.4 is 5.32 Å². The molecule has 0 saturated heterocycles. The van der Waals surface area contributed by atoms with Crippen LogP contribution in [0.2, 0.25) is 0 Å². The van der Waals surface area contributed by atoms with Crippen molar-refractivity contribution in [2.24, 2.45) is 0 Å². The van der Waals surface area contributed by atoms with Gasteiger partial charge in [-0.05, 0) is 30.7 Å². The number of hydrogen-bond donors (Lipinski definition) is 1. The van der Waals surface area contributed by atoms with E-state index >= 15 is 0 Å². The second-order valence-electron chi connectivity index (χ2n) is 4.70. The first-order valence-electron chi connectivity index (χ1n) is 6.51. The molecular formula is C14H18F5NO. The van der Waals surface area contributed by atoms with E-state index in [2.05, 4.69) is 5.32 Å². The van der Waals surface area contributed by atoms with Gasteiger partial charge in [0.25, 0.3) is 0 Å². The van der Waals surface area contributed by atoms with Gasteiger partial charge in [-0.1, -0.05) is 19.1 Å². The maximum absolute atomic E-state index is 13.2. The van der Waals surface area contributed by atoms with Gasteiger partial charge in [0.1, 0.15) is 12.4 Å². The molecule has 1 rings (SSSR count). The Kier molecular flexibility index (Phi) is 6.54. The Morgan fingerprint density at radius 1 is 1.29 bits per heavy atom. The van der Waals surface area contributed by atoms with Gasteiger partial charge in [0.2, 0.25) is 0 Å². The van der Waals surface area contributed by atoms with Crippen LogP contribution in [0.15, 0.2) is 18.2 Å². The van der Waals surface area contributed by atoms with Crippen LogP contribution in [0.4, 0.5) is 22.0 Å². The maximum atomic E-state index is 13.2. The zero-order chi connectivity index (χ0) is 16.0. The Hall–Kier alpha value is -1.21. The SMILES string of the molecule is CCNC(COCC(F)(F)C(F)F)c1ccc(F)c(C)c1. The largest absolute Gasteiger partial charge is 0.373 e. The first-order valence-corrected chi connectivity index (χ1v) is 6.51. The highest BCUT2D eigenvalue weighted by Gasteiger charge is 2.41. The molecule has 0 spiro atoms. The molecule has 120 valence electrons. The highest BCUT2D eigenvalue weighted by Crippen LogP contribution is 2.24. The van der Waals surface area contributed by atoms with E-state index in [1.54, 1.807) is 19.9 Å². The fraction of sp³-hybridized carbons (Fsp3) is 0.571. The maximum Gasteiger partial charge on any atom is 0.330 e. The molecule has 1 atom stereocenters. The lowest BCUT2D eigenvalue weighted by Crippen LogP contribution is -2.34. The van der Waals surface area contributed by atoms with Gasteiger partial charge in [-0.15, -0.1) is 0 Å². The third kappa shape index (κ3) is 5.24. The minimum Gasteiger partial charge on any atom is -0.373 e. The highest BCUT2D eigenvalue weighted by molar-refractivity contribution is 5.26. The Morgan fingerprint density at radius 3 is 2.48 bits per heavy atom. The summed E-state index contributed by atoms with van der Waals surface area (Å²) in [6.45, 7) is 2.34. The number of rotatable bonds is 8. The first kappa shape index (κ1) is 17.8. The van der Waals surface area contributed by atoms with E-state index in [-0.39, 0.29) is 12.4 Å². The van der Waals surface area contributed by atoms with Crippen molar-refractivity contribution in [2.45, 2.75) is 32.2 Å². The fourth-order valence-corrected chi connectivity index (χ4v) is 1.78. The van der Waals surface area contributed by atoms with E-state index in [0.29, 0.717) is 17.7 Å². The molecule has 7 heteroatoms. The zero-order valence-corrected chi connectivity index (χ0v) is 11.8. The topological polar surface area (TPSA) is 21.3 Å². The molecule has 1 unspecified atom stereocenters. The van der Waals surface area contributed by atoms with Crippen molar-refractivity contribution in [1.82, 2.24) is 5.32 Å². The van der Waals surface area contributed by atoms with Crippen molar-refractivity contribution in [1.29, 1.82) is 0 Å². The Balaban J connectivity index is 2.67. The minimum absolute atomic E-state index is 0.207. The average Bonchev–Trinajstić information content (AvgIpc) is 2.40. The van der Waals surface area contributed by atoms with Crippen molar-refractivity contribution in [3.05, 3.63) is 35.1 Å². The molecule has 0 saturated carbocycles. The molecule has 1 aromatic rings. The molecule has 0 heterocycles. The van der Waals surface area contributed by atoms with Crippen molar-refractivity contribution in [2.75, 3.05) is 19.8 Å². The molecule has 0 amide bonds. The van der Waals surface area contributed by atoms with E-state index in [9.17, 15) is 22.0 Å². The van der Waals surface area contributed by atoms with Crippen molar-refractivity contribution < 1.29 is 26.7 Å². The number of alkyl halides is 4. The van der Waals surface area contributed by atoms with Crippen LogP contribution in [-0.2, 0) is 4.74 Å². The normalized spacial score (nSPS) is 13.7. The number of halogens is 5. The summed E-state index contributed by atoms with van der Waals surface area (Å²) >= 11 is 0. The highest BCUT2D eigenvalue weighted by atomic mass is 19.3. The molecule has 0 aliphatic carbocycles. The molecule has 0 aliphatic rings. The van der Waals surface area contributed by atoms with Crippen LogP contribution in [-0.4, -0.2) is 32.1 Å². The summed E-state index contributed by atoms with van der Waals surface area (Å²) in [4.78, 5) is 0. The Bertz CT molecular complexity index is 453. The number of benzene rings is 1. The minimum atomic E-state index is -4.17. The molecule has 0 fully saturated rings. The van der Waals surface area contributed by atoms with Gasteiger partial charge in [-0.3, -0.25) is 0 Å². The number of aryl methyl sites for hydroxylation is 1. The summed E-state index contributed by atoms with van der Waals surface area (Å²) in [6.07, 6.45) is -3.76. The van der Waals surface area contributed by atoms with Gasteiger partial charge in [-0.25, -0.2) is 13.2 Å². The molecule has 0 aliphatic heterocycles. The van der Waals surface area contributed by atoms with Crippen LogP contribution in [0.1, 0.15) is 24.1 Å². The molecule has 1 aromatic carbocycles. The Labute approximate surface area is 120 Å². The molecular weight excluding hydrogens is 293 g/mol. The predicted molar refractivity (Wildman–Crippen MR) is 69.3 cm³/mol. The molecule has 1 N–H and O–H groups in total. The van der Waals surface area contributed by atoms with E-state index in [1.807, 2.05) is 0 Å². The Morgan fingerprint density at radius 2 is 1.95 bits per heavy atom. The number of likely N-dealkylation sites (N-methyl/N-ethyl adjacent to an activating group) is 1. The van der Waals surface area contributed by atoms with E-state index in [4.69, 9.17) is 4.74 Å². The molecule has 21 heavy (non-hydrogen) atoms. The zero-order valence-electron chi connectivity index (χ0n) is 11.8.